The van der Waals surface area contributed by atoms with E-state index >= 15 is 0 Å². The van der Waals surface area contributed by atoms with E-state index in [2.05, 4.69) is 10.3 Å². The molecule has 0 aliphatic rings. The van der Waals surface area contributed by atoms with E-state index in [9.17, 15) is 9.59 Å². The van der Waals surface area contributed by atoms with E-state index in [1.165, 1.54) is 16.2 Å². The van der Waals surface area contributed by atoms with Gasteiger partial charge in [-0.05, 0) is 29.8 Å². The standard InChI is InChI=1S/C18H17N3O2S3/c1-21(9-16(22)19-13-5-3-4-6-15(13)24-2)18(23)14-11-26-17(20-14)12-7-8-25-10-12/h3-8,10-11H,9H2,1-2H3,(H,19,22). The first-order chi connectivity index (χ1) is 12.6. The molecule has 0 radical (unpaired) electrons. The number of carbonyl (C=O) groups excluding carboxylic acids is 2. The predicted octanol–water partition coefficient (Wildman–Crippen LogP) is 4.30. The number of para-hydroxylation sites is 1. The smallest absolute Gasteiger partial charge is 0.273 e. The van der Waals surface area contributed by atoms with Crippen LogP contribution in [0.2, 0.25) is 0 Å². The second-order valence-corrected chi connectivity index (χ2v) is 7.95. The summed E-state index contributed by atoms with van der Waals surface area (Å²) >= 11 is 4.57. The molecule has 0 fully saturated rings. The van der Waals surface area contributed by atoms with Crippen molar-refractivity contribution in [2.45, 2.75) is 4.90 Å². The molecule has 1 N–H and O–H groups in total. The number of benzene rings is 1. The highest BCUT2D eigenvalue weighted by Crippen LogP contribution is 2.26. The van der Waals surface area contributed by atoms with Crippen LogP contribution in [0.1, 0.15) is 10.5 Å². The number of nitrogens with zero attached hydrogens (tertiary/aromatic N) is 2. The molecule has 3 aromatic rings. The Kier molecular flexibility index (Phi) is 6.08. The number of aromatic nitrogens is 1. The van der Waals surface area contributed by atoms with Gasteiger partial charge in [-0.25, -0.2) is 4.98 Å². The van der Waals surface area contributed by atoms with Crippen LogP contribution in [-0.2, 0) is 4.79 Å². The predicted molar refractivity (Wildman–Crippen MR) is 109 cm³/mol. The average molecular weight is 404 g/mol. The molecule has 5 nitrogen and oxygen atoms in total. The van der Waals surface area contributed by atoms with Crippen LogP contribution >= 0.6 is 34.4 Å². The van der Waals surface area contributed by atoms with Crippen molar-refractivity contribution in [2.24, 2.45) is 0 Å². The lowest BCUT2D eigenvalue weighted by molar-refractivity contribution is -0.116. The summed E-state index contributed by atoms with van der Waals surface area (Å²) in [6.07, 6.45) is 1.95. The Bertz CT molecular complexity index is 906. The van der Waals surface area contributed by atoms with Crippen LogP contribution in [-0.4, -0.2) is 41.5 Å². The maximum atomic E-state index is 12.5. The van der Waals surface area contributed by atoms with Crippen molar-refractivity contribution in [3.8, 4) is 10.6 Å². The monoisotopic (exact) mass is 403 g/mol. The third kappa shape index (κ3) is 4.32. The Morgan fingerprint density at radius 1 is 1.23 bits per heavy atom. The number of amides is 2. The van der Waals surface area contributed by atoms with Gasteiger partial charge in [0.1, 0.15) is 10.7 Å². The summed E-state index contributed by atoms with van der Waals surface area (Å²) in [5.41, 5.74) is 2.11. The molecule has 8 heteroatoms. The van der Waals surface area contributed by atoms with Crippen LogP contribution < -0.4 is 5.32 Å². The van der Waals surface area contributed by atoms with Gasteiger partial charge in [-0.2, -0.15) is 11.3 Å². The Morgan fingerprint density at radius 3 is 2.77 bits per heavy atom. The summed E-state index contributed by atoms with van der Waals surface area (Å²) in [6.45, 7) is -0.0349. The number of rotatable bonds is 6. The van der Waals surface area contributed by atoms with Gasteiger partial charge in [0.05, 0.1) is 12.2 Å². The summed E-state index contributed by atoms with van der Waals surface area (Å²) < 4.78 is 0. The summed E-state index contributed by atoms with van der Waals surface area (Å²) in [5, 5.41) is 9.36. The van der Waals surface area contributed by atoms with E-state index in [0.717, 1.165) is 21.2 Å². The molecule has 3 rings (SSSR count). The van der Waals surface area contributed by atoms with E-state index in [4.69, 9.17) is 0 Å². The Balaban J connectivity index is 1.63. The van der Waals surface area contributed by atoms with E-state index in [-0.39, 0.29) is 18.4 Å². The zero-order valence-electron chi connectivity index (χ0n) is 14.3. The van der Waals surface area contributed by atoms with E-state index in [0.29, 0.717) is 5.69 Å². The highest BCUT2D eigenvalue weighted by atomic mass is 32.2. The first-order valence-corrected chi connectivity index (χ1v) is 10.8. The van der Waals surface area contributed by atoms with Crippen molar-refractivity contribution in [2.75, 3.05) is 25.2 Å². The number of thiazole rings is 1. The number of nitrogens with one attached hydrogen (secondary N) is 1. The zero-order valence-corrected chi connectivity index (χ0v) is 16.7. The zero-order chi connectivity index (χ0) is 18.5. The average Bonchev–Trinajstić information content (AvgIpc) is 3.32. The molecule has 0 bridgehead atoms. The lowest BCUT2D eigenvalue weighted by Gasteiger charge is -2.16. The molecule has 1 aromatic carbocycles. The first-order valence-electron chi connectivity index (χ1n) is 7.75. The highest BCUT2D eigenvalue weighted by molar-refractivity contribution is 7.98. The van der Waals surface area contributed by atoms with Crippen molar-refractivity contribution in [3.05, 3.63) is 52.2 Å². The Hall–Kier alpha value is -2.16. The van der Waals surface area contributed by atoms with Gasteiger partial charge >= 0.3 is 0 Å². The number of anilines is 1. The molecule has 2 amide bonds. The molecular weight excluding hydrogens is 386 g/mol. The third-order valence-electron chi connectivity index (χ3n) is 3.60. The lowest BCUT2D eigenvalue weighted by atomic mass is 10.3. The number of carbonyl (C=O) groups is 2. The maximum Gasteiger partial charge on any atom is 0.273 e. The van der Waals surface area contributed by atoms with Crippen molar-refractivity contribution in [1.82, 2.24) is 9.88 Å². The van der Waals surface area contributed by atoms with Gasteiger partial charge in [-0.1, -0.05) is 12.1 Å². The molecule has 0 unspecified atom stereocenters. The number of hydrogen-bond acceptors (Lipinski definition) is 6. The lowest BCUT2D eigenvalue weighted by Crippen LogP contribution is -2.35. The molecule has 0 saturated carbocycles. The van der Waals surface area contributed by atoms with Crippen LogP contribution in [0.4, 0.5) is 5.69 Å². The number of hydrogen-bond donors (Lipinski definition) is 1. The molecule has 0 atom stereocenters. The van der Waals surface area contributed by atoms with E-state index < -0.39 is 0 Å². The largest absolute Gasteiger partial charge is 0.331 e. The quantitative estimate of drug-likeness (QED) is 0.623. The highest BCUT2D eigenvalue weighted by Gasteiger charge is 2.19. The van der Waals surface area contributed by atoms with Gasteiger partial charge in [0.15, 0.2) is 0 Å². The summed E-state index contributed by atoms with van der Waals surface area (Å²) in [6, 6.07) is 9.55. The fraction of sp³-hybridized carbons (Fsp3) is 0.167. The molecule has 0 saturated heterocycles. The SMILES string of the molecule is CSc1ccccc1NC(=O)CN(C)C(=O)c1csc(-c2ccsc2)n1. The molecule has 0 aliphatic heterocycles. The van der Waals surface area contributed by atoms with Crippen molar-refractivity contribution < 1.29 is 9.59 Å². The Morgan fingerprint density at radius 2 is 2.04 bits per heavy atom. The van der Waals surface area contributed by atoms with Gasteiger partial charge in [0.2, 0.25) is 5.91 Å². The van der Waals surface area contributed by atoms with Gasteiger partial charge in [0.25, 0.3) is 5.91 Å². The van der Waals surface area contributed by atoms with Gasteiger partial charge < -0.3 is 10.2 Å². The van der Waals surface area contributed by atoms with Crippen molar-refractivity contribution >= 4 is 51.9 Å². The minimum absolute atomic E-state index is 0.0349. The molecule has 0 spiro atoms. The van der Waals surface area contributed by atoms with E-state index in [1.54, 1.807) is 35.5 Å². The minimum atomic E-state index is -0.268. The molecule has 0 aliphatic carbocycles. The summed E-state index contributed by atoms with van der Waals surface area (Å²) in [4.78, 5) is 31.6. The summed E-state index contributed by atoms with van der Waals surface area (Å²) in [5.74, 6) is -0.508. The van der Waals surface area contributed by atoms with Crippen LogP contribution in [0.15, 0.2) is 51.4 Å². The van der Waals surface area contributed by atoms with Gasteiger partial charge in [0, 0.05) is 28.3 Å². The number of likely N-dealkylation sites (N-methyl/N-ethyl adjacent to an activating group) is 1. The van der Waals surface area contributed by atoms with Crippen molar-refractivity contribution in [1.29, 1.82) is 0 Å². The van der Waals surface area contributed by atoms with Crippen LogP contribution in [0.25, 0.3) is 10.6 Å². The molecule has 2 aromatic heterocycles. The van der Waals surface area contributed by atoms with Crippen LogP contribution in [0.5, 0.6) is 0 Å². The molecule has 2 heterocycles. The first kappa shape index (κ1) is 18.6. The number of thioether (sulfide) groups is 1. The maximum absolute atomic E-state index is 12.5. The van der Waals surface area contributed by atoms with Crippen molar-refractivity contribution in [3.63, 3.8) is 0 Å². The fourth-order valence-electron chi connectivity index (χ4n) is 2.31. The summed E-state index contributed by atoms with van der Waals surface area (Å²) in [7, 11) is 1.60. The second-order valence-electron chi connectivity index (χ2n) is 5.46. The third-order valence-corrected chi connectivity index (χ3v) is 5.97. The topological polar surface area (TPSA) is 62.3 Å². The molecule has 134 valence electrons. The minimum Gasteiger partial charge on any atom is -0.331 e. The normalized spacial score (nSPS) is 10.5. The van der Waals surface area contributed by atoms with Crippen LogP contribution in [0.3, 0.4) is 0 Å². The Labute approximate surface area is 164 Å². The fourth-order valence-corrected chi connectivity index (χ4v) is 4.37. The van der Waals surface area contributed by atoms with Crippen LogP contribution in [0, 0.1) is 0 Å². The molecule has 26 heavy (non-hydrogen) atoms. The molecular formula is C18H17N3O2S3. The second kappa shape index (κ2) is 8.48. The van der Waals surface area contributed by atoms with Gasteiger partial charge in [-0.3, -0.25) is 9.59 Å². The van der Waals surface area contributed by atoms with Gasteiger partial charge in [-0.15, -0.1) is 23.1 Å². The number of thiophene rings is 1. The van der Waals surface area contributed by atoms with E-state index in [1.807, 2.05) is 47.3 Å².